The van der Waals surface area contributed by atoms with Gasteiger partial charge in [-0.1, -0.05) is 0 Å². The Morgan fingerprint density at radius 2 is 1.63 bits per heavy atom. The van der Waals surface area contributed by atoms with Gasteiger partial charge in [-0.05, 0) is 55.3 Å². The van der Waals surface area contributed by atoms with Crippen molar-refractivity contribution in [1.82, 2.24) is 15.0 Å². The van der Waals surface area contributed by atoms with Crippen molar-refractivity contribution in [2.45, 2.75) is 13.3 Å². The molecule has 0 bridgehead atoms. The van der Waals surface area contributed by atoms with Crippen molar-refractivity contribution in [3.63, 3.8) is 0 Å². The minimum absolute atomic E-state index is 0.719. The van der Waals surface area contributed by atoms with Gasteiger partial charge in [0.05, 0.1) is 0 Å². The van der Waals surface area contributed by atoms with E-state index in [1.165, 1.54) is 5.56 Å². The maximum atomic E-state index is 4.68. The van der Waals surface area contributed by atoms with Crippen molar-refractivity contribution in [3.05, 3.63) is 66.1 Å². The largest absolute Gasteiger partial charge is 0.378 e. The second-order valence-corrected chi connectivity index (χ2v) is 6.79. The van der Waals surface area contributed by atoms with Crippen molar-refractivity contribution in [3.8, 4) is 0 Å². The molecule has 140 valence electrons. The van der Waals surface area contributed by atoms with Crippen LogP contribution in [-0.2, 0) is 6.42 Å². The highest BCUT2D eigenvalue weighted by molar-refractivity contribution is 5.61. The van der Waals surface area contributed by atoms with E-state index >= 15 is 0 Å². The summed E-state index contributed by atoms with van der Waals surface area (Å²) in [6.45, 7) is 2.83. The lowest BCUT2D eigenvalue weighted by molar-refractivity contribution is 0.833. The predicted molar refractivity (Wildman–Crippen MR) is 112 cm³/mol. The lowest BCUT2D eigenvalue weighted by atomic mass is 10.2. The van der Waals surface area contributed by atoms with Gasteiger partial charge in [0.15, 0.2) is 0 Å². The molecule has 0 aliphatic rings. The molecule has 0 radical (unpaired) electrons. The highest BCUT2D eigenvalue weighted by Gasteiger charge is 2.08. The number of pyridine rings is 1. The number of nitrogens with one attached hydrogen (secondary N) is 1. The summed E-state index contributed by atoms with van der Waals surface area (Å²) in [5, 5.41) is 3.38. The number of aromatic nitrogens is 3. The highest BCUT2D eigenvalue weighted by atomic mass is 15.2. The number of anilines is 4. The second-order valence-electron chi connectivity index (χ2n) is 6.79. The Kier molecular flexibility index (Phi) is 5.86. The van der Waals surface area contributed by atoms with E-state index in [1.54, 1.807) is 0 Å². The Balaban J connectivity index is 1.69. The molecule has 1 N–H and O–H groups in total. The Hall–Kier alpha value is -3.15. The van der Waals surface area contributed by atoms with Gasteiger partial charge in [-0.15, -0.1) is 0 Å². The average Bonchev–Trinajstić information content (AvgIpc) is 2.67. The predicted octanol–water partition coefficient (Wildman–Crippen LogP) is 3.67. The number of benzene rings is 1. The monoisotopic (exact) mass is 362 g/mol. The van der Waals surface area contributed by atoms with Crippen LogP contribution in [0.4, 0.5) is 23.1 Å². The van der Waals surface area contributed by atoms with Crippen LogP contribution < -0.4 is 15.1 Å². The first-order valence-corrected chi connectivity index (χ1v) is 9.01. The van der Waals surface area contributed by atoms with Crippen molar-refractivity contribution in [2.24, 2.45) is 0 Å². The molecule has 1 aromatic carbocycles. The van der Waals surface area contributed by atoms with E-state index in [-0.39, 0.29) is 0 Å². The molecule has 0 saturated carbocycles. The van der Waals surface area contributed by atoms with Gasteiger partial charge in [0.25, 0.3) is 0 Å². The SMILES string of the molecule is Cc1cc(Nc2ccc(N(C)C)cc2)nc(N(C)CCc2ccncc2)n1. The van der Waals surface area contributed by atoms with Crippen LogP contribution in [0, 0.1) is 6.92 Å². The van der Waals surface area contributed by atoms with Gasteiger partial charge >= 0.3 is 0 Å². The minimum atomic E-state index is 0.719. The summed E-state index contributed by atoms with van der Waals surface area (Å²) >= 11 is 0. The standard InChI is InChI=1S/C21H26N6/c1-16-15-20(24-18-5-7-19(8-6-18)26(2)3)25-21(23-16)27(4)14-11-17-9-12-22-13-10-17/h5-10,12-13,15H,11,14H2,1-4H3,(H,23,24,25). The van der Waals surface area contributed by atoms with Crippen molar-refractivity contribution >= 4 is 23.1 Å². The molecular formula is C21H26N6. The van der Waals surface area contributed by atoms with Crippen molar-refractivity contribution < 1.29 is 0 Å². The zero-order valence-electron chi connectivity index (χ0n) is 16.3. The second kappa shape index (κ2) is 8.49. The lowest BCUT2D eigenvalue weighted by Crippen LogP contribution is -2.23. The first kappa shape index (κ1) is 18.6. The van der Waals surface area contributed by atoms with E-state index < -0.39 is 0 Å². The van der Waals surface area contributed by atoms with Crippen molar-refractivity contribution in [2.75, 3.05) is 42.8 Å². The van der Waals surface area contributed by atoms with Crippen LogP contribution in [0.3, 0.4) is 0 Å². The van der Waals surface area contributed by atoms with Crippen LogP contribution in [-0.4, -0.2) is 42.6 Å². The minimum Gasteiger partial charge on any atom is -0.378 e. The molecule has 3 rings (SSSR count). The Morgan fingerprint density at radius 3 is 2.30 bits per heavy atom. The lowest BCUT2D eigenvalue weighted by Gasteiger charge is -2.19. The number of nitrogens with zero attached hydrogens (tertiary/aromatic N) is 5. The maximum Gasteiger partial charge on any atom is 0.227 e. The smallest absolute Gasteiger partial charge is 0.227 e. The molecule has 3 aromatic rings. The third-order valence-corrected chi connectivity index (χ3v) is 4.33. The summed E-state index contributed by atoms with van der Waals surface area (Å²) < 4.78 is 0. The normalized spacial score (nSPS) is 10.5. The summed E-state index contributed by atoms with van der Waals surface area (Å²) in [6, 6.07) is 14.3. The molecule has 0 atom stereocenters. The molecule has 2 heterocycles. The van der Waals surface area contributed by atoms with E-state index in [4.69, 9.17) is 0 Å². The van der Waals surface area contributed by atoms with Gasteiger partial charge in [-0.2, -0.15) is 4.98 Å². The van der Waals surface area contributed by atoms with Crippen LogP contribution in [0.5, 0.6) is 0 Å². The first-order valence-electron chi connectivity index (χ1n) is 9.01. The number of rotatable bonds is 7. The molecule has 0 spiro atoms. The quantitative estimate of drug-likeness (QED) is 0.692. The molecular weight excluding hydrogens is 336 g/mol. The highest BCUT2D eigenvalue weighted by Crippen LogP contribution is 2.21. The van der Waals surface area contributed by atoms with Crippen molar-refractivity contribution in [1.29, 1.82) is 0 Å². The molecule has 0 aliphatic carbocycles. The van der Waals surface area contributed by atoms with Gasteiger partial charge in [0, 0.05) is 63.2 Å². The first-order chi connectivity index (χ1) is 13.0. The number of likely N-dealkylation sites (N-methyl/N-ethyl adjacent to an activating group) is 1. The number of hydrogen-bond acceptors (Lipinski definition) is 6. The fourth-order valence-corrected chi connectivity index (χ4v) is 2.72. The third-order valence-electron chi connectivity index (χ3n) is 4.33. The summed E-state index contributed by atoms with van der Waals surface area (Å²) in [7, 11) is 6.08. The number of aryl methyl sites for hydroxylation is 1. The molecule has 6 heteroatoms. The molecule has 0 amide bonds. The van der Waals surface area contributed by atoms with Crippen LogP contribution in [0.2, 0.25) is 0 Å². The summed E-state index contributed by atoms with van der Waals surface area (Å²) in [5.74, 6) is 1.52. The molecule has 6 nitrogen and oxygen atoms in total. The van der Waals surface area contributed by atoms with Crippen LogP contribution in [0.25, 0.3) is 0 Å². The fourth-order valence-electron chi connectivity index (χ4n) is 2.72. The van der Waals surface area contributed by atoms with Gasteiger partial charge in [-0.3, -0.25) is 4.98 Å². The topological polar surface area (TPSA) is 57.2 Å². The number of hydrogen-bond donors (Lipinski definition) is 1. The molecule has 0 unspecified atom stereocenters. The summed E-state index contributed by atoms with van der Waals surface area (Å²) in [4.78, 5) is 17.5. The fraction of sp³-hybridized carbons (Fsp3) is 0.286. The maximum absolute atomic E-state index is 4.68. The van der Waals surface area contributed by atoms with Crippen LogP contribution in [0.1, 0.15) is 11.3 Å². The molecule has 2 aromatic heterocycles. The van der Waals surface area contributed by atoms with E-state index in [2.05, 4.69) is 54.3 Å². The van der Waals surface area contributed by atoms with Gasteiger partial charge in [-0.25, -0.2) is 4.98 Å². The van der Waals surface area contributed by atoms with Crippen LogP contribution in [0.15, 0.2) is 54.9 Å². The molecule has 0 fully saturated rings. The van der Waals surface area contributed by atoms with E-state index in [0.29, 0.717) is 0 Å². The van der Waals surface area contributed by atoms with Gasteiger partial charge < -0.3 is 15.1 Å². The van der Waals surface area contributed by atoms with Gasteiger partial charge in [0.1, 0.15) is 5.82 Å². The average molecular weight is 362 g/mol. The van der Waals surface area contributed by atoms with E-state index in [9.17, 15) is 0 Å². The molecule has 0 aliphatic heterocycles. The summed E-state index contributed by atoms with van der Waals surface area (Å²) in [5.41, 5.74) is 4.35. The van der Waals surface area contributed by atoms with Gasteiger partial charge in [0.2, 0.25) is 5.95 Å². The van der Waals surface area contributed by atoms with Crippen LogP contribution >= 0.6 is 0 Å². The van der Waals surface area contributed by atoms with E-state index in [1.807, 2.05) is 58.7 Å². The molecule has 27 heavy (non-hydrogen) atoms. The molecule has 0 saturated heterocycles. The third kappa shape index (κ3) is 5.17. The zero-order valence-corrected chi connectivity index (χ0v) is 16.3. The summed E-state index contributed by atoms with van der Waals surface area (Å²) in [6.07, 6.45) is 4.56. The Bertz CT molecular complexity index is 862. The Labute approximate surface area is 160 Å². The van der Waals surface area contributed by atoms with E-state index in [0.717, 1.165) is 41.8 Å². The Morgan fingerprint density at radius 1 is 0.926 bits per heavy atom. The zero-order chi connectivity index (χ0) is 19.2.